The van der Waals surface area contributed by atoms with Crippen LogP contribution in [0.3, 0.4) is 0 Å². The molecule has 50 heavy (non-hydrogen) atoms. The van der Waals surface area contributed by atoms with Gasteiger partial charge in [-0.2, -0.15) is 0 Å². The minimum absolute atomic E-state index is 0.231. The minimum Gasteiger partial charge on any atom is -0.346 e. The van der Waals surface area contributed by atoms with E-state index in [0.717, 1.165) is 50.7 Å². The summed E-state index contributed by atoms with van der Waals surface area (Å²) in [4.78, 5) is 5.50. The summed E-state index contributed by atoms with van der Waals surface area (Å²) in [6.07, 6.45) is 21.7. The van der Waals surface area contributed by atoms with Gasteiger partial charge in [0.25, 0.3) is 0 Å². The Kier molecular flexibility index (Phi) is 6.87. The number of para-hydroxylation sites is 2. The number of hydrogen-bond donors (Lipinski definition) is 1. The van der Waals surface area contributed by atoms with Crippen molar-refractivity contribution in [1.29, 1.82) is 0 Å². The fourth-order valence-electron chi connectivity index (χ4n) is 9.38. The predicted octanol–water partition coefficient (Wildman–Crippen LogP) is 10.9. The monoisotopic (exact) mass is 650 g/mol. The van der Waals surface area contributed by atoms with E-state index in [0.29, 0.717) is 6.04 Å². The van der Waals surface area contributed by atoms with Gasteiger partial charge >= 0.3 is 0 Å². The fraction of sp³-hybridized carbons (Fsp3) is 0.239. The zero-order valence-electron chi connectivity index (χ0n) is 28.9. The third-order valence-corrected chi connectivity index (χ3v) is 11.5. The summed E-state index contributed by atoms with van der Waals surface area (Å²) in [6, 6.07) is 29.1. The van der Waals surface area contributed by atoms with Crippen molar-refractivity contribution in [3.63, 3.8) is 0 Å². The normalized spacial score (nSPS) is 21.4. The second-order valence-corrected chi connectivity index (χ2v) is 14.7. The van der Waals surface area contributed by atoms with Crippen LogP contribution in [-0.4, -0.2) is 14.8 Å². The van der Waals surface area contributed by atoms with Crippen LogP contribution >= 0.6 is 0 Å². The molecule has 10 rings (SSSR count). The quantitative estimate of drug-likeness (QED) is 0.206. The summed E-state index contributed by atoms with van der Waals surface area (Å²) < 4.78 is 5.14. The van der Waals surface area contributed by atoms with Crippen molar-refractivity contribution in [2.24, 2.45) is 4.99 Å². The number of fused-ring (bicyclic) bond motifs is 7. The molecule has 0 saturated heterocycles. The third-order valence-electron chi connectivity index (χ3n) is 11.5. The zero-order chi connectivity index (χ0) is 33.3. The van der Waals surface area contributed by atoms with Crippen molar-refractivity contribution in [1.82, 2.24) is 14.5 Å². The summed E-state index contributed by atoms with van der Waals surface area (Å²) in [7, 11) is 0. The van der Waals surface area contributed by atoms with Crippen LogP contribution in [0.25, 0.3) is 34.0 Å². The molecule has 0 radical (unpaired) electrons. The molecule has 0 bridgehead atoms. The molecule has 5 aliphatic rings. The van der Waals surface area contributed by atoms with E-state index < -0.39 is 0 Å². The van der Waals surface area contributed by atoms with Gasteiger partial charge in [-0.1, -0.05) is 102 Å². The van der Waals surface area contributed by atoms with Crippen LogP contribution in [0.1, 0.15) is 86.4 Å². The number of aromatic nitrogens is 2. The number of nitrogens with zero attached hydrogens (tertiary/aromatic N) is 3. The van der Waals surface area contributed by atoms with E-state index in [1.165, 1.54) is 83.4 Å². The Balaban J connectivity index is 1.11. The molecular weight excluding hydrogens is 609 g/mol. The molecule has 0 amide bonds. The molecule has 4 aliphatic carbocycles. The largest absolute Gasteiger partial charge is 0.346 e. The molecular formula is C46H42N4. The molecule has 1 N–H and O–H groups in total. The van der Waals surface area contributed by atoms with Crippen LogP contribution < -0.4 is 5.32 Å². The topological polar surface area (TPSA) is 34.2 Å². The number of benzene rings is 3. The van der Waals surface area contributed by atoms with Crippen LogP contribution in [-0.2, 0) is 12.8 Å². The van der Waals surface area contributed by atoms with Crippen molar-refractivity contribution in [2.75, 3.05) is 0 Å². The number of allylic oxidation sites excluding steroid dienone is 9. The van der Waals surface area contributed by atoms with Gasteiger partial charge in [-0.15, -0.1) is 0 Å². The fourth-order valence-corrected chi connectivity index (χ4v) is 9.38. The van der Waals surface area contributed by atoms with Crippen LogP contribution in [0.2, 0.25) is 0 Å². The van der Waals surface area contributed by atoms with Crippen LogP contribution in [0.5, 0.6) is 0 Å². The number of hydrogen-bond acceptors (Lipinski definition) is 2. The summed E-state index contributed by atoms with van der Waals surface area (Å²) in [6.45, 7) is 4.52. The highest BCUT2D eigenvalue weighted by atomic mass is 15.3. The Bertz CT molecular complexity index is 2450. The first-order valence-corrected chi connectivity index (χ1v) is 18.4. The Morgan fingerprint density at radius 3 is 2.26 bits per heavy atom. The van der Waals surface area contributed by atoms with Gasteiger partial charge < -0.3 is 14.5 Å². The van der Waals surface area contributed by atoms with Gasteiger partial charge in [0.05, 0.1) is 17.3 Å². The molecule has 2 unspecified atom stereocenters. The van der Waals surface area contributed by atoms with Gasteiger partial charge in [-0.25, -0.2) is 4.99 Å². The molecule has 246 valence electrons. The number of rotatable bonds is 4. The lowest BCUT2D eigenvalue weighted by Crippen LogP contribution is -2.34. The lowest BCUT2D eigenvalue weighted by Gasteiger charge is -2.32. The Labute approximate surface area is 294 Å². The van der Waals surface area contributed by atoms with Crippen molar-refractivity contribution < 1.29 is 0 Å². The average molecular weight is 651 g/mol. The van der Waals surface area contributed by atoms with Crippen molar-refractivity contribution in [2.45, 2.75) is 71.1 Å². The van der Waals surface area contributed by atoms with Crippen LogP contribution in [0.15, 0.2) is 142 Å². The average Bonchev–Trinajstić information content (AvgIpc) is 3.66. The zero-order valence-corrected chi connectivity index (χ0v) is 28.9. The standard InChI is InChI=1S/C46H42N4/c1-29-24-30(2)26-34(25-29)49-41-18-10-8-15-36(41)39-27-32(21-23-43(39)49)33-20-22-37-35-14-7-11-19-42(35)50(44(37)28-33)46-47-40-17-9-6-16-38(40)45(48-46)31-12-4-3-5-13-31/h3-5,7-8,10-19,24-25,27-28,34,46-47H,6,9,20-23,26H2,1-2H3. The molecule has 0 spiro atoms. The number of nitrogens with one attached hydrogen (secondary N) is 1. The molecule has 2 aromatic heterocycles. The SMILES string of the molecule is CC1=CC(n2c3c(c4ccccc42)C=C(C2=Cc4c(c5ccccc5n4C4N=C(c5ccccc5)C5=CCCC=C5N4)CC2)CC3)CC(C)=C1. The maximum atomic E-state index is 5.50. The van der Waals surface area contributed by atoms with E-state index in [9.17, 15) is 0 Å². The van der Waals surface area contributed by atoms with E-state index >= 15 is 0 Å². The summed E-state index contributed by atoms with van der Waals surface area (Å²) in [5, 5.41) is 6.60. The van der Waals surface area contributed by atoms with E-state index in [4.69, 9.17) is 4.99 Å². The van der Waals surface area contributed by atoms with Gasteiger partial charge in [0.1, 0.15) is 0 Å². The van der Waals surface area contributed by atoms with Gasteiger partial charge in [0.2, 0.25) is 6.29 Å². The highest BCUT2D eigenvalue weighted by Crippen LogP contribution is 2.44. The Morgan fingerprint density at radius 1 is 0.700 bits per heavy atom. The maximum absolute atomic E-state index is 5.50. The molecule has 4 nitrogen and oxygen atoms in total. The molecule has 2 atom stereocenters. The molecule has 0 saturated carbocycles. The van der Waals surface area contributed by atoms with Gasteiger partial charge in [0, 0.05) is 50.1 Å². The second-order valence-electron chi connectivity index (χ2n) is 14.7. The second kappa shape index (κ2) is 11.6. The number of aliphatic imine (C=N–C) groups is 1. The third kappa shape index (κ3) is 4.69. The Hall–Kier alpha value is -5.35. The maximum Gasteiger partial charge on any atom is 0.201 e. The van der Waals surface area contributed by atoms with Gasteiger partial charge in [-0.3, -0.25) is 0 Å². The summed E-state index contributed by atoms with van der Waals surface area (Å²) in [5.41, 5.74) is 18.7. The van der Waals surface area contributed by atoms with E-state index in [1.807, 2.05) is 0 Å². The van der Waals surface area contributed by atoms with E-state index in [2.05, 4.69) is 144 Å². The van der Waals surface area contributed by atoms with Crippen LogP contribution in [0.4, 0.5) is 0 Å². The van der Waals surface area contributed by atoms with Gasteiger partial charge in [-0.05, 0) is 99.8 Å². The van der Waals surface area contributed by atoms with Crippen molar-refractivity contribution in [3.8, 4) is 0 Å². The molecule has 5 aromatic rings. The lowest BCUT2D eigenvalue weighted by atomic mass is 9.85. The minimum atomic E-state index is -0.231. The van der Waals surface area contributed by atoms with E-state index in [1.54, 1.807) is 0 Å². The van der Waals surface area contributed by atoms with Crippen molar-refractivity contribution >= 4 is 39.7 Å². The molecule has 3 aromatic carbocycles. The highest BCUT2D eigenvalue weighted by Gasteiger charge is 2.32. The molecule has 3 heterocycles. The van der Waals surface area contributed by atoms with Crippen molar-refractivity contribution in [3.05, 3.63) is 165 Å². The molecule has 0 fully saturated rings. The summed E-state index contributed by atoms with van der Waals surface area (Å²) in [5.74, 6) is 0. The first-order valence-electron chi connectivity index (χ1n) is 18.4. The lowest BCUT2D eigenvalue weighted by molar-refractivity contribution is 0.464. The number of aryl methyl sites for hydroxylation is 1. The first kappa shape index (κ1) is 29.6. The predicted molar refractivity (Wildman–Crippen MR) is 208 cm³/mol. The smallest absolute Gasteiger partial charge is 0.201 e. The molecule has 4 heteroatoms. The van der Waals surface area contributed by atoms with Gasteiger partial charge in [0.15, 0.2) is 0 Å². The van der Waals surface area contributed by atoms with E-state index in [-0.39, 0.29) is 6.29 Å². The summed E-state index contributed by atoms with van der Waals surface area (Å²) >= 11 is 0. The van der Waals surface area contributed by atoms with Crippen LogP contribution in [0, 0.1) is 0 Å². The molecule has 1 aliphatic heterocycles. The first-order chi connectivity index (χ1) is 24.6. The Morgan fingerprint density at radius 2 is 1.42 bits per heavy atom. The highest BCUT2D eigenvalue weighted by molar-refractivity contribution is 6.16.